The molecule has 3 heteroatoms. The molecule has 19 heavy (non-hydrogen) atoms. The molecule has 0 aromatic heterocycles. The first-order valence-corrected chi connectivity index (χ1v) is 7.89. The zero-order valence-electron chi connectivity index (χ0n) is 11.2. The summed E-state index contributed by atoms with van der Waals surface area (Å²) in [6, 6.07) is 11.9. The highest BCUT2D eigenvalue weighted by atomic mass is 79.9. The van der Waals surface area contributed by atoms with Crippen LogP contribution in [0.2, 0.25) is 0 Å². The van der Waals surface area contributed by atoms with Gasteiger partial charge in [-0.1, -0.05) is 52.8 Å². The first-order valence-electron chi connectivity index (χ1n) is 7.09. The highest BCUT2D eigenvalue weighted by Gasteiger charge is 2.37. The predicted molar refractivity (Wildman–Crippen MR) is 83.3 cm³/mol. The smallest absolute Gasteiger partial charge is 0.0477 e. The number of rotatable bonds is 4. The average Bonchev–Trinajstić information content (AvgIpc) is 3.23. The Balaban J connectivity index is 1.75. The molecule has 1 saturated carbocycles. The lowest BCUT2D eigenvalue weighted by Gasteiger charge is -2.41. The van der Waals surface area contributed by atoms with Crippen molar-refractivity contribution in [1.29, 1.82) is 0 Å². The zero-order chi connectivity index (χ0) is 13.2. The Kier molecular flexibility index (Phi) is 4.06. The fourth-order valence-electron chi connectivity index (χ4n) is 3.05. The first-order chi connectivity index (χ1) is 9.24. The van der Waals surface area contributed by atoms with Crippen LogP contribution >= 0.6 is 15.9 Å². The predicted octanol–water partition coefficient (Wildman–Crippen LogP) is 3.32. The molecule has 3 rings (SSSR count). The lowest BCUT2D eigenvalue weighted by molar-refractivity contribution is 0.136. The maximum absolute atomic E-state index is 4.02. The molecule has 2 unspecified atom stereocenters. The maximum Gasteiger partial charge on any atom is 0.0477 e. The molecular weight excluding hydrogens is 300 g/mol. The summed E-state index contributed by atoms with van der Waals surface area (Å²) in [7, 11) is 0. The third-order valence-corrected chi connectivity index (χ3v) is 4.45. The van der Waals surface area contributed by atoms with Crippen LogP contribution in [0.5, 0.6) is 0 Å². The summed E-state index contributed by atoms with van der Waals surface area (Å²) >= 11 is 3.53. The molecule has 0 radical (unpaired) electrons. The summed E-state index contributed by atoms with van der Waals surface area (Å²) in [4.78, 5) is 2.56. The van der Waals surface area contributed by atoms with Gasteiger partial charge in [-0.2, -0.15) is 0 Å². The van der Waals surface area contributed by atoms with Crippen LogP contribution in [0.25, 0.3) is 0 Å². The van der Waals surface area contributed by atoms with Gasteiger partial charge in [0.2, 0.25) is 0 Å². The van der Waals surface area contributed by atoms with Crippen LogP contribution in [0.1, 0.15) is 24.4 Å². The van der Waals surface area contributed by atoms with Gasteiger partial charge in [0, 0.05) is 36.2 Å². The van der Waals surface area contributed by atoms with Crippen LogP contribution in [0, 0.1) is 5.92 Å². The molecule has 0 amide bonds. The molecule has 1 aromatic carbocycles. The van der Waals surface area contributed by atoms with Gasteiger partial charge in [-0.15, -0.1) is 0 Å². The molecule has 2 aliphatic rings. The SMILES string of the molecule is C=C(Br)CN1CC(C2CC2)NCC1c1ccccc1. The summed E-state index contributed by atoms with van der Waals surface area (Å²) in [6.45, 7) is 7.13. The molecular formula is C16H21BrN2. The molecule has 1 heterocycles. The second-order valence-electron chi connectivity index (χ2n) is 5.73. The van der Waals surface area contributed by atoms with Gasteiger partial charge in [-0.3, -0.25) is 4.90 Å². The molecule has 1 aliphatic carbocycles. The van der Waals surface area contributed by atoms with E-state index < -0.39 is 0 Å². The number of hydrogen-bond donors (Lipinski definition) is 1. The van der Waals surface area contributed by atoms with Crippen LogP contribution in [0.4, 0.5) is 0 Å². The van der Waals surface area contributed by atoms with Crippen molar-refractivity contribution in [3.05, 3.63) is 47.0 Å². The molecule has 2 fully saturated rings. The van der Waals surface area contributed by atoms with Crippen molar-refractivity contribution in [1.82, 2.24) is 10.2 Å². The highest BCUT2D eigenvalue weighted by Crippen LogP contribution is 2.36. The van der Waals surface area contributed by atoms with Crippen molar-refractivity contribution in [3.63, 3.8) is 0 Å². The Bertz CT molecular complexity index is 441. The van der Waals surface area contributed by atoms with Gasteiger partial charge in [-0.25, -0.2) is 0 Å². The zero-order valence-corrected chi connectivity index (χ0v) is 12.8. The van der Waals surface area contributed by atoms with E-state index in [4.69, 9.17) is 0 Å². The number of nitrogens with one attached hydrogen (secondary N) is 1. The summed E-state index contributed by atoms with van der Waals surface area (Å²) in [6.07, 6.45) is 2.80. The highest BCUT2D eigenvalue weighted by molar-refractivity contribution is 9.11. The Morgan fingerprint density at radius 3 is 2.68 bits per heavy atom. The van der Waals surface area contributed by atoms with Gasteiger partial charge >= 0.3 is 0 Å². The van der Waals surface area contributed by atoms with E-state index in [1.807, 2.05) is 0 Å². The molecule has 1 aromatic rings. The van der Waals surface area contributed by atoms with Crippen molar-refractivity contribution in [3.8, 4) is 0 Å². The van der Waals surface area contributed by atoms with Crippen molar-refractivity contribution in [2.24, 2.45) is 5.92 Å². The van der Waals surface area contributed by atoms with E-state index in [0.717, 1.165) is 30.0 Å². The number of halogens is 1. The van der Waals surface area contributed by atoms with Gasteiger partial charge < -0.3 is 5.32 Å². The Morgan fingerprint density at radius 1 is 1.32 bits per heavy atom. The summed E-state index contributed by atoms with van der Waals surface area (Å²) in [5.74, 6) is 0.905. The van der Waals surface area contributed by atoms with Crippen LogP contribution in [-0.4, -0.2) is 30.6 Å². The van der Waals surface area contributed by atoms with Gasteiger partial charge in [0.25, 0.3) is 0 Å². The molecule has 1 saturated heterocycles. The van der Waals surface area contributed by atoms with E-state index in [1.165, 1.54) is 18.4 Å². The van der Waals surface area contributed by atoms with Crippen molar-refractivity contribution >= 4 is 15.9 Å². The molecule has 2 atom stereocenters. The van der Waals surface area contributed by atoms with Crippen molar-refractivity contribution in [2.75, 3.05) is 19.6 Å². The molecule has 2 nitrogen and oxygen atoms in total. The van der Waals surface area contributed by atoms with E-state index in [2.05, 4.69) is 63.1 Å². The van der Waals surface area contributed by atoms with Crippen LogP contribution in [0.15, 0.2) is 41.4 Å². The topological polar surface area (TPSA) is 15.3 Å². The lowest BCUT2D eigenvalue weighted by Crippen LogP contribution is -2.53. The van der Waals surface area contributed by atoms with Gasteiger partial charge in [-0.05, 0) is 24.3 Å². The third-order valence-electron chi connectivity index (χ3n) is 4.20. The van der Waals surface area contributed by atoms with E-state index in [-0.39, 0.29) is 0 Å². The minimum absolute atomic E-state index is 0.463. The Hall–Kier alpha value is -0.640. The first kappa shape index (κ1) is 13.3. The molecule has 0 bridgehead atoms. The summed E-state index contributed by atoms with van der Waals surface area (Å²) in [5.41, 5.74) is 1.40. The fourth-order valence-corrected chi connectivity index (χ4v) is 3.37. The second-order valence-corrected chi connectivity index (χ2v) is 6.85. The van der Waals surface area contributed by atoms with E-state index in [1.54, 1.807) is 0 Å². The molecule has 1 N–H and O–H groups in total. The summed E-state index contributed by atoms with van der Waals surface area (Å²) < 4.78 is 1.07. The number of piperazine rings is 1. The van der Waals surface area contributed by atoms with Crippen LogP contribution in [-0.2, 0) is 0 Å². The lowest BCUT2D eigenvalue weighted by atomic mass is 9.99. The second kappa shape index (κ2) is 5.78. The minimum Gasteiger partial charge on any atom is -0.311 e. The van der Waals surface area contributed by atoms with E-state index >= 15 is 0 Å². The molecule has 102 valence electrons. The third kappa shape index (κ3) is 3.28. The van der Waals surface area contributed by atoms with Crippen molar-refractivity contribution < 1.29 is 0 Å². The standard InChI is InChI=1S/C16H21BrN2/c1-12(17)10-19-11-15(13-7-8-13)18-9-16(19)14-5-3-2-4-6-14/h2-6,13,15-16,18H,1,7-11H2. The van der Waals surface area contributed by atoms with Crippen molar-refractivity contribution in [2.45, 2.75) is 24.9 Å². The minimum atomic E-state index is 0.463. The Morgan fingerprint density at radius 2 is 2.05 bits per heavy atom. The van der Waals surface area contributed by atoms with Crippen LogP contribution < -0.4 is 5.32 Å². The average molecular weight is 321 g/mol. The normalized spacial score (nSPS) is 28.3. The monoisotopic (exact) mass is 320 g/mol. The number of hydrogen-bond acceptors (Lipinski definition) is 2. The number of benzene rings is 1. The molecule has 0 spiro atoms. The summed E-state index contributed by atoms with van der Waals surface area (Å²) in [5, 5.41) is 3.75. The largest absolute Gasteiger partial charge is 0.311 e. The van der Waals surface area contributed by atoms with Gasteiger partial charge in [0.15, 0.2) is 0 Å². The fraction of sp³-hybridized carbons (Fsp3) is 0.500. The molecule has 1 aliphatic heterocycles. The van der Waals surface area contributed by atoms with E-state index in [0.29, 0.717) is 12.1 Å². The quantitative estimate of drug-likeness (QED) is 0.915. The Labute approximate surface area is 124 Å². The maximum atomic E-state index is 4.02. The number of nitrogens with zero attached hydrogens (tertiary/aromatic N) is 1. The van der Waals surface area contributed by atoms with Gasteiger partial charge in [0.1, 0.15) is 0 Å². The van der Waals surface area contributed by atoms with Crippen LogP contribution in [0.3, 0.4) is 0 Å². The van der Waals surface area contributed by atoms with E-state index in [9.17, 15) is 0 Å². The van der Waals surface area contributed by atoms with Gasteiger partial charge in [0.05, 0.1) is 0 Å².